The second-order valence-electron chi connectivity index (χ2n) is 7.36. The van der Waals surface area contributed by atoms with E-state index in [2.05, 4.69) is 20.6 Å². The van der Waals surface area contributed by atoms with E-state index in [0.29, 0.717) is 12.3 Å². The van der Waals surface area contributed by atoms with Crippen LogP contribution < -0.4 is 10.6 Å². The second kappa shape index (κ2) is 7.96. The van der Waals surface area contributed by atoms with Crippen molar-refractivity contribution in [2.45, 2.75) is 44.9 Å². The zero-order chi connectivity index (χ0) is 17.8. The Kier molecular flexibility index (Phi) is 5.25. The highest BCUT2D eigenvalue weighted by Gasteiger charge is 2.18. The van der Waals surface area contributed by atoms with Gasteiger partial charge < -0.3 is 10.6 Å². The first-order chi connectivity index (χ1) is 12.8. The lowest BCUT2D eigenvalue weighted by Gasteiger charge is -2.22. The van der Waals surface area contributed by atoms with Gasteiger partial charge in [0.15, 0.2) is 5.78 Å². The lowest BCUT2D eigenvalue weighted by molar-refractivity contribution is 0.0971. The van der Waals surface area contributed by atoms with Crippen LogP contribution in [0.4, 0.5) is 11.5 Å². The summed E-state index contributed by atoms with van der Waals surface area (Å²) in [5, 5.41) is 6.76. The molecule has 136 valence electrons. The molecule has 5 heteroatoms. The summed E-state index contributed by atoms with van der Waals surface area (Å²) in [5.74, 6) is 1.84. The first kappa shape index (κ1) is 17.2. The first-order valence-electron chi connectivity index (χ1n) is 9.73. The van der Waals surface area contributed by atoms with E-state index in [9.17, 15) is 4.79 Å². The highest BCUT2D eigenvalue weighted by atomic mass is 16.1. The number of carbonyl (C=O) groups is 1. The molecule has 0 spiro atoms. The number of hydrogen-bond acceptors (Lipinski definition) is 5. The van der Waals surface area contributed by atoms with Gasteiger partial charge in [-0.25, -0.2) is 9.97 Å². The second-order valence-corrected chi connectivity index (χ2v) is 7.36. The van der Waals surface area contributed by atoms with E-state index in [-0.39, 0.29) is 5.78 Å². The number of nitrogens with zero attached hydrogens (tertiary/aromatic N) is 2. The van der Waals surface area contributed by atoms with Gasteiger partial charge in [0.25, 0.3) is 0 Å². The molecule has 2 N–H and O–H groups in total. The lowest BCUT2D eigenvalue weighted by atomic mass is 9.91. The summed E-state index contributed by atoms with van der Waals surface area (Å²) in [6.45, 7) is 2.18. The molecular weight excluding hydrogens is 324 g/mol. The van der Waals surface area contributed by atoms with Gasteiger partial charge in [0, 0.05) is 28.9 Å². The predicted octanol–water partition coefficient (Wildman–Crippen LogP) is 3.67. The molecule has 1 aliphatic carbocycles. The Labute approximate surface area is 154 Å². The number of ketones is 1. The van der Waals surface area contributed by atoms with Crippen molar-refractivity contribution in [3.8, 4) is 0 Å². The number of rotatable bonds is 6. The molecule has 2 aliphatic rings. The third kappa shape index (κ3) is 3.93. The Bertz CT molecular complexity index is 766. The minimum absolute atomic E-state index is 0.248. The van der Waals surface area contributed by atoms with Crippen molar-refractivity contribution < 1.29 is 4.79 Å². The molecule has 0 radical (unpaired) electrons. The molecular formula is C21H26N4O. The quantitative estimate of drug-likeness (QED) is 0.778. The molecule has 26 heavy (non-hydrogen) atoms. The topological polar surface area (TPSA) is 66.9 Å². The van der Waals surface area contributed by atoms with Crippen LogP contribution in [0.25, 0.3) is 0 Å². The number of benzene rings is 1. The first-order valence-corrected chi connectivity index (χ1v) is 9.73. The zero-order valence-electron chi connectivity index (χ0n) is 15.1. The Morgan fingerprint density at radius 3 is 2.73 bits per heavy atom. The van der Waals surface area contributed by atoms with E-state index in [1.165, 1.54) is 18.4 Å². The number of piperidine rings is 1. The third-order valence-electron chi connectivity index (χ3n) is 5.58. The van der Waals surface area contributed by atoms with Crippen molar-refractivity contribution in [1.82, 2.24) is 15.3 Å². The Balaban J connectivity index is 1.36. The fourth-order valence-electron chi connectivity index (χ4n) is 3.99. The molecule has 1 saturated heterocycles. The summed E-state index contributed by atoms with van der Waals surface area (Å²) in [4.78, 5) is 21.2. The van der Waals surface area contributed by atoms with Crippen molar-refractivity contribution in [3.63, 3.8) is 0 Å². The lowest BCUT2D eigenvalue weighted by Crippen LogP contribution is -2.27. The average molecular weight is 350 g/mol. The normalized spacial score (nSPS) is 17.1. The molecule has 1 fully saturated rings. The van der Waals surface area contributed by atoms with Gasteiger partial charge in [-0.3, -0.25) is 4.79 Å². The van der Waals surface area contributed by atoms with Crippen LogP contribution in [0.2, 0.25) is 0 Å². The Morgan fingerprint density at radius 1 is 1.12 bits per heavy atom. The van der Waals surface area contributed by atoms with E-state index < -0.39 is 0 Å². The molecule has 0 bridgehead atoms. The largest absolute Gasteiger partial charge is 0.340 e. The summed E-state index contributed by atoms with van der Waals surface area (Å²) in [6.07, 6.45) is 8.89. The molecule has 1 aliphatic heterocycles. The van der Waals surface area contributed by atoms with Crippen molar-refractivity contribution in [3.05, 3.63) is 47.4 Å². The van der Waals surface area contributed by atoms with Crippen molar-refractivity contribution in [2.24, 2.45) is 5.92 Å². The molecule has 1 aromatic carbocycles. The predicted molar refractivity (Wildman–Crippen MR) is 103 cm³/mol. The van der Waals surface area contributed by atoms with Crippen LogP contribution in [-0.2, 0) is 12.8 Å². The zero-order valence-corrected chi connectivity index (χ0v) is 15.1. The van der Waals surface area contributed by atoms with Gasteiger partial charge in [-0.1, -0.05) is 0 Å². The van der Waals surface area contributed by atoms with Gasteiger partial charge in [0.2, 0.25) is 0 Å². The van der Waals surface area contributed by atoms with Crippen LogP contribution in [0.3, 0.4) is 0 Å². The number of aryl methyl sites for hydroxylation is 1. The molecule has 0 amide bonds. The van der Waals surface area contributed by atoms with Crippen molar-refractivity contribution >= 4 is 17.3 Å². The summed E-state index contributed by atoms with van der Waals surface area (Å²) in [6, 6.07) is 7.80. The van der Waals surface area contributed by atoms with Crippen LogP contribution >= 0.6 is 0 Å². The maximum atomic E-state index is 12.5. The number of nitrogens with one attached hydrogen (secondary N) is 2. The fourth-order valence-corrected chi connectivity index (χ4v) is 3.99. The van der Waals surface area contributed by atoms with E-state index in [1.54, 1.807) is 6.33 Å². The Hall–Kier alpha value is -2.27. The molecule has 0 atom stereocenters. The van der Waals surface area contributed by atoms with Gasteiger partial charge >= 0.3 is 0 Å². The standard InChI is InChI=1S/C21H26N4O/c26-20(9-4-15-10-12-22-13-11-15)16-5-7-17(8-6-16)25-21-18-2-1-3-19(18)23-14-24-21/h5-8,14-15,22H,1-4,9-13H2,(H,23,24,25). The molecule has 1 aromatic heterocycles. The van der Waals surface area contributed by atoms with Gasteiger partial charge in [0.05, 0.1) is 0 Å². The SMILES string of the molecule is O=C(CCC1CCNCC1)c1ccc(Nc2ncnc3c2CCC3)cc1. The highest BCUT2D eigenvalue weighted by Crippen LogP contribution is 2.27. The molecule has 0 unspecified atom stereocenters. The third-order valence-corrected chi connectivity index (χ3v) is 5.58. The van der Waals surface area contributed by atoms with Gasteiger partial charge in [0.1, 0.15) is 12.1 Å². The van der Waals surface area contributed by atoms with Crippen LogP contribution in [0.15, 0.2) is 30.6 Å². The van der Waals surface area contributed by atoms with Gasteiger partial charge in [-0.2, -0.15) is 0 Å². The van der Waals surface area contributed by atoms with Crippen LogP contribution in [0, 0.1) is 5.92 Å². The minimum Gasteiger partial charge on any atom is -0.340 e. The van der Waals surface area contributed by atoms with Gasteiger partial charge in [-0.05, 0) is 81.8 Å². The maximum Gasteiger partial charge on any atom is 0.162 e. The average Bonchev–Trinajstić information content (AvgIpc) is 3.17. The summed E-state index contributed by atoms with van der Waals surface area (Å²) in [5.41, 5.74) is 4.16. The van der Waals surface area contributed by atoms with Crippen molar-refractivity contribution in [2.75, 3.05) is 18.4 Å². The van der Waals surface area contributed by atoms with Crippen LogP contribution in [0.5, 0.6) is 0 Å². The molecule has 0 saturated carbocycles. The molecule has 4 rings (SSSR count). The van der Waals surface area contributed by atoms with E-state index >= 15 is 0 Å². The number of carbonyl (C=O) groups excluding carboxylic acids is 1. The monoisotopic (exact) mass is 350 g/mol. The number of anilines is 2. The fraction of sp³-hybridized carbons (Fsp3) is 0.476. The molecule has 2 aromatic rings. The van der Waals surface area contributed by atoms with E-state index in [0.717, 1.165) is 61.5 Å². The minimum atomic E-state index is 0.248. The van der Waals surface area contributed by atoms with Gasteiger partial charge in [-0.15, -0.1) is 0 Å². The molecule has 2 heterocycles. The summed E-state index contributed by atoms with van der Waals surface area (Å²) in [7, 11) is 0. The number of aromatic nitrogens is 2. The van der Waals surface area contributed by atoms with E-state index in [4.69, 9.17) is 0 Å². The van der Waals surface area contributed by atoms with Crippen molar-refractivity contribution in [1.29, 1.82) is 0 Å². The Morgan fingerprint density at radius 2 is 1.92 bits per heavy atom. The highest BCUT2D eigenvalue weighted by molar-refractivity contribution is 5.96. The number of Topliss-reactive ketones (excluding diaryl/α,β-unsaturated/α-hetero) is 1. The van der Waals surface area contributed by atoms with E-state index in [1.807, 2.05) is 24.3 Å². The summed E-state index contributed by atoms with van der Waals surface area (Å²) >= 11 is 0. The number of fused-ring (bicyclic) bond motifs is 1. The van der Waals surface area contributed by atoms with Crippen LogP contribution in [0.1, 0.15) is 53.7 Å². The summed E-state index contributed by atoms with van der Waals surface area (Å²) < 4.78 is 0. The van der Waals surface area contributed by atoms with Crippen LogP contribution in [-0.4, -0.2) is 28.8 Å². The number of hydrogen-bond donors (Lipinski definition) is 2. The molecule has 5 nitrogen and oxygen atoms in total. The smallest absolute Gasteiger partial charge is 0.162 e. The maximum absolute atomic E-state index is 12.5.